The summed E-state index contributed by atoms with van der Waals surface area (Å²) in [5, 5.41) is 0. The van der Waals surface area contributed by atoms with Crippen molar-refractivity contribution in [3.05, 3.63) is 24.8 Å². The molecule has 0 aliphatic heterocycles. The average molecular weight is 443 g/mol. The Kier molecular flexibility index (Phi) is 5.70. The van der Waals surface area contributed by atoms with Crippen molar-refractivity contribution in [3.63, 3.8) is 0 Å². The molecule has 0 heterocycles. The largest absolute Gasteiger partial charge is 0.465 e. The molecule has 4 aliphatic carbocycles. The van der Waals surface area contributed by atoms with Gasteiger partial charge in [-0.3, -0.25) is 14.4 Å². The fourth-order valence-corrected chi connectivity index (χ4v) is 8.18. The zero-order valence-electron chi connectivity index (χ0n) is 20.0. The number of hydrogen-bond donors (Lipinski definition) is 0. The molecule has 4 fully saturated rings. The molecule has 0 aromatic rings. The molecule has 5 nitrogen and oxygen atoms in total. The van der Waals surface area contributed by atoms with Crippen LogP contribution in [0.3, 0.4) is 0 Å². The summed E-state index contributed by atoms with van der Waals surface area (Å²) in [6, 6.07) is 0. The van der Waals surface area contributed by atoms with Crippen LogP contribution in [0.4, 0.5) is 0 Å². The zero-order chi connectivity index (χ0) is 23.4. The van der Waals surface area contributed by atoms with E-state index in [1.54, 1.807) is 13.0 Å². The first-order chi connectivity index (χ1) is 15.1. The zero-order valence-corrected chi connectivity index (χ0v) is 20.0. The highest BCUT2D eigenvalue weighted by Crippen LogP contribution is 2.72. The van der Waals surface area contributed by atoms with Crippen molar-refractivity contribution < 1.29 is 23.9 Å². The number of Topliss-reactive ketones (excluding diaryl/α,β-unsaturated/α-hetero) is 1. The van der Waals surface area contributed by atoms with Gasteiger partial charge < -0.3 is 9.47 Å². The van der Waals surface area contributed by atoms with Crippen LogP contribution in [0, 0.1) is 28.1 Å². The van der Waals surface area contributed by atoms with Gasteiger partial charge in [-0.05, 0) is 69.1 Å². The molecule has 0 radical (unpaired) electrons. The molecule has 176 valence electrons. The summed E-state index contributed by atoms with van der Waals surface area (Å²) in [6.07, 6.45) is 9.12. The lowest BCUT2D eigenvalue weighted by Gasteiger charge is -2.63. The Morgan fingerprint density at radius 2 is 1.84 bits per heavy atom. The summed E-state index contributed by atoms with van der Waals surface area (Å²) < 4.78 is 11.6. The maximum absolute atomic E-state index is 13.7. The number of hydrogen-bond acceptors (Lipinski definition) is 5. The molecule has 0 saturated heterocycles. The molecular weight excluding hydrogens is 404 g/mol. The Morgan fingerprint density at radius 1 is 1.12 bits per heavy atom. The summed E-state index contributed by atoms with van der Waals surface area (Å²) >= 11 is 0. The van der Waals surface area contributed by atoms with Crippen LogP contribution in [0.25, 0.3) is 0 Å². The van der Waals surface area contributed by atoms with Gasteiger partial charge in [-0.15, -0.1) is 6.58 Å². The highest BCUT2D eigenvalue weighted by Gasteiger charge is 2.72. The van der Waals surface area contributed by atoms with Crippen LogP contribution in [-0.4, -0.2) is 29.9 Å². The fraction of sp³-hybridized carbons (Fsp3) is 0.741. The van der Waals surface area contributed by atoms with Crippen molar-refractivity contribution in [2.45, 2.75) is 90.6 Å². The second-order valence-corrected chi connectivity index (χ2v) is 11.1. The van der Waals surface area contributed by atoms with Gasteiger partial charge in [0.1, 0.15) is 5.60 Å². The van der Waals surface area contributed by atoms with E-state index >= 15 is 0 Å². The highest BCUT2D eigenvalue weighted by molar-refractivity contribution is 6.05. The smallest absolute Gasteiger partial charge is 0.312 e. The third-order valence-electron chi connectivity index (χ3n) is 9.65. The van der Waals surface area contributed by atoms with E-state index in [0.29, 0.717) is 37.9 Å². The van der Waals surface area contributed by atoms with Crippen molar-refractivity contribution in [2.24, 2.45) is 28.1 Å². The number of ketones is 1. The molecule has 5 heteroatoms. The quantitative estimate of drug-likeness (QED) is 0.241. The van der Waals surface area contributed by atoms with Gasteiger partial charge in [0.25, 0.3) is 0 Å². The topological polar surface area (TPSA) is 69.7 Å². The standard InChI is InChI=1S/C27H38O5/c1-6-8-16-31-23(30)25(5)13-9-12-24(4)19(25)10-14-26-17-27(15-11-20(24)26,18(3)22(26)29)32-21(28)7-2/h6,19-20H,1,3,7-17H2,2,4-5H3/t19-,20-,24+,25+,26+,27-/m0/s1. The van der Waals surface area contributed by atoms with Crippen LogP contribution in [0.5, 0.6) is 0 Å². The van der Waals surface area contributed by atoms with E-state index < -0.39 is 16.4 Å². The first-order valence-electron chi connectivity index (χ1n) is 12.3. The number of carbonyl (C=O) groups excluding carboxylic acids is 3. The molecule has 0 unspecified atom stereocenters. The van der Waals surface area contributed by atoms with Gasteiger partial charge in [-0.2, -0.15) is 0 Å². The molecule has 4 saturated carbocycles. The van der Waals surface area contributed by atoms with Gasteiger partial charge in [-0.25, -0.2) is 0 Å². The summed E-state index contributed by atoms with van der Waals surface area (Å²) in [4.78, 5) is 39.1. The Morgan fingerprint density at radius 3 is 2.53 bits per heavy atom. The highest BCUT2D eigenvalue weighted by atomic mass is 16.6. The van der Waals surface area contributed by atoms with Crippen molar-refractivity contribution in [1.29, 1.82) is 0 Å². The second-order valence-electron chi connectivity index (χ2n) is 11.1. The molecule has 4 rings (SSSR count). The third-order valence-corrected chi connectivity index (χ3v) is 9.65. The maximum atomic E-state index is 13.7. The van der Waals surface area contributed by atoms with E-state index in [1.165, 1.54) is 0 Å². The van der Waals surface area contributed by atoms with E-state index in [2.05, 4.69) is 27.0 Å². The van der Waals surface area contributed by atoms with Crippen molar-refractivity contribution in [2.75, 3.05) is 6.61 Å². The molecule has 1 spiro atoms. The van der Waals surface area contributed by atoms with Gasteiger partial charge >= 0.3 is 11.9 Å². The van der Waals surface area contributed by atoms with Crippen LogP contribution in [-0.2, 0) is 23.9 Å². The normalized spacial score (nSPS) is 42.6. The van der Waals surface area contributed by atoms with E-state index in [-0.39, 0.29) is 35.0 Å². The lowest BCUT2D eigenvalue weighted by molar-refractivity contribution is -0.195. The van der Waals surface area contributed by atoms with Crippen LogP contribution in [0.1, 0.15) is 85.0 Å². The van der Waals surface area contributed by atoms with Crippen molar-refractivity contribution in [1.82, 2.24) is 0 Å². The molecule has 6 atom stereocenters. The minimum atomic E-state index is -0.828. The molecule has 2 bridgehead atoms. The molecule has 0 amide bonds. The first-order valence-corrected chi connectivity index (χ1v) is 12.3. The van der Waals surface area contributed by atoms with Crippen LogP contribution in [0.2, 0.25) is 0 Å². The van der Waals surface area contributed by atoms with Gasteiger partial charge in [0, 0.05) is 23.8 Å². The molecule has 0 N–H and O–H groups in total. The van der Waals surface area contributed by atoms with Crippen LogP contribution >= 0.6 is 0 Å². The molecule has 4 aliphatic rings. The lowest BCUT2D eigenvalue weighted by Crippen LogP contribution is -2.60. The van der Waals surface area contributed by atoms with E-state index in [4.69, 9.17) is 9.47 Å². The number of ether oxygens (including phenoxy) is 2. The first kappa shape index (κ1) is 23.3. The summed E-state index contributed by atoms with van der Waals surface area (Å²) in [5.41, 5.74) is -1.50. The number of rotatable bonds is 6. The lowest BCUT2D eigenvalue weighted by atomic mass is 9.40. The van der Waals surface area contributed by atoms with Crippen LogP contribution in [0.15, 0.2) is 24.8 Å². The van der Waals surface area contributed by atoms with Gasteiger partial charge in [0.05, 0.1) is 12.0 Å². The summed E-state index contributed by atoms with van der Waals surface area (Å²) in [5.74, 6) is 0.0965. The maximum Gasteiger partial charge on any atom is 0.312 e. The molecule has 0 aromatic carbocycles. The van der Waals surface area contributed by atoms with Gasteiger partial charge in [-0.1, -0.05) is 32.9 Å². The average Bonchev–Trinajstić information content (AvgIpc) is 2.91. The minimum absolute atomic E-state index is 0.101. The van der Waals surface area contributed by atoms with Gasteiger partial charge in [0.15, 0.2) is 5.78 Å². The van der Waals surface area contributed by atoms with Gasteiger partial charge in [0.2, 0.25) is 0 Å². The number of carbonyl (C=O) groups is 3. The Bertz CT molecular complexity index is 860. The minimum Gasteiger partial charge on any atom is -0.465 e. The Labute approximate surface area is 192 Å². The van der Waals surface area contributed by atoms with E-state index in [1.807, 2.05) is 0 Å². The monoisotopic (exact) mass is 442 g/mol. The predicted octanol–water partition coefficient (Wildman–Crippen LogP) is 5.33. The summed E-state index contributed by atoms with van der Waals surface area (Å²) in [7, 11) is 0. The Hall–Kier alpha value is -1.91. The fourth-order valence-electron chi connectivity index (χ4n) is 8.18. The number of fused-ring (bicyclic) bond motifs is 3. The molecule has 0 aromatic heterocycles. The third kappa shape index (κ3) is 3.06. The molecular formula is C27H38O5. The summed E-state index contributed by atoms with van der Waals surface area (Å²) in [6.45, 7) is 14.4. The SMILES string of the molecule is C=CCCOC(=O)[C@]1(C)CCC[C@@]2(C)[C@@H]3CC[C@]4(OC(=O)CC)C[C@@]3(CC[C@@H]21)C(=O)C4=C. The van der Waals surface area contributed by atoms with E-state index in [9.17, 15) is 14.4 Å². The van der Waals surface area contributed by atoms with E-state index in [0.717, 1.165) is 38.5 Å². The van der Waals surface area contributed by atoms with Crippen molar-refractivity contribution in [3.8, 4) is 0 Å². The Balaban J connectivity index is 1.65. The molecule has 32 heavy (non-hydrogen) atoms. The van der Waals surface area contributed by atoms with Crippen molar-refractivity contribution >= 4 is 17.7 Å². The second kappa shape index (κ2) is 7.85. The number of esters is 2. The van der Waals surface area contributed by atoms with Crippen LogP contribution < -0.4 is 0 Å². The predicted molar refractivity (Wildman–Crippen MR) is 122 cm³/mol.